The zero-order valence-corrected chi connectivity index (χ0v) is 12.1. The number of hydrogen-bond acceptors (Lipinski definition) is 4. The molecule has 2 fully saturated rings. The Kier molecular flexibility index (Phi) is 4.99. The van der Waals surface area contributed by atoms with Gasteiger partial charge in [-0.15, -0.1) is 0 Å². The molecule has 2 unspecified atom stereocenters. The highest BCUT2D eigenvalue weighted by Crippen LogP contribution is 2.26. The summed E-state index contributed by atoms with van der Waals surface area (Å²) in [6.45, 7) is 5.31. The molecule has 2 aliphatic rings. The highest BCUT2D eigenvalue weighted by molar-refractivity contribution is 5.76. The minimum absolute atomic E-state index is 0.120. The first-order chi connectivity index (χ1) is 9.49. The quantitative estimate of drug-likeness (QED) is 0.748. The number of carboxylic acids is 1. The summed E-state index contributed by atoms with van der Waals surface area (Å²) in [6, 6.07) is 0.0785. The molecule has 2 atom stereocenters. The van der Waals surface area contributed by atoms with E-state index in [-0.39, 0.29) is 17.9 Å². The van der Waals surface area contributed by atoms with Crippen LogP contribution in [0, 0.1) is 5.92 Å². The maximum atomic E-state index is 11.2. The molecule has 20 heavy (non-hydrogen) atoms. The Morgan fingerprint density at radius 3 is 2.45 bits per heavy atom. The summed E-state index contributed by atoms with van der Waals surface area (Å²) in [4.78, 5) is 26.7. The van der Waals surface area contributed by atoms with Gasteiger partial charge in [-0.2, -0.15) is 0 Å². The number of carbonyl (C=O) groups excluding carboxylic acids is 1. The van der Waals surface area contributed by atoms with Crippen molar-refractivity contribution in [2.24, 2.45) is 11.7 Å². The number of amides is 1. The predicted octanol–water partition coefficient (Wildman–Crippen LogP) is 0.121. The van der Waals surface area contributed by atoms with Gasteiger partial charge in [0.25, 0.3) is 0 Å². The SMILES string of the molecule is CC(CN1CCC(N2CCCC2C(=O)O)CC1)C(N)=O. The first-order valence-electron chi connectivity index (χ1n) is 7.49. The number of rotatable bonds is 5. The van der Waals surface area contributed by atoms with Crippen LogP contribution >= 0.6 is 0 Å². The Labute approximate surface area is 119 Å². The first kappa shape index (κ1) is 15.3. The van der Waals surface area contributed by atoms with Crippen LogP contribution in [0.15, 0.2) is 0 Å². The van der Waals surface area contributed by atoms with Crippen LogP contribution in [0.4, 0.5) is 0 Å². The van der Waals surface area contributed by atoms with E-state index in [1.54, 1.807) is 0 Å². The highest BCUT2D eigenvalue weighted by Gasteiger charge is 2.36. The monoisotopic (exact) mass is 283 g/mol. The molecule has 0 aromatic carbocycles. The molecular weight excluding hydrogens is 258 g/mol. The summed E-state index contributed by atoms with van der Waals surface area (Å²) in [7, 11) is 0. The minimum Gasteiger partial charge on any atom is -0.480 e. The van der Waals surface area contributed by atoms with Crippen LogP contribution in [0.5, 0.6) is 0 Å². The van der Waals surface area contributed by atoms with Gasteiger partial charge in [0.1, 0.15) is 6.04 Å². The van der Waals surface area contributed by atoms with Gasteiger partial charge in [-0.3, -0.25) is 14.5 Å². The molecule has 6 nitrogen and oxygen atoms in total. The second-order valence-electron chi connectivity index (χ2n) is 6.07. The van der Waals surface area contributed by atoms with E-state index in [2.05, 4.69) is 9.80 Å². The van der Waals surface area contributed by atoms with Gasteiger partial charge < -0.3 is 15.7 Å². The molecule has 2 rings (SSSR count). The largest absolute Gasteiger partial charge is 0.480 e. The molecule has 2 aliphatic heterocycles. The second kappa shape index (κ2) is 6.54. The van der Waals surface area contributed by atoms with E-state index in [4.69, 9.17) is 5.73 Å². The molecule has 0 spiro atoms. The summed E-state index contributed by atoms with van der Waals surface area (Å²) in [5, 5.41) is 9.24. The zero-order chi connectivity index (χ0) is 14.7. The van der Waals surface area contributed by atoms with Crippen molar-refractivity contribution in [3.05, 3.63) is 0 Å². The molecule has 0 aromatic heterocycles. The number of likely N-dealkylation sites (tertiary alicyclic amines) is 2. The number of piperidine rings is 1. The molecule has 0 bridgehead atoms. The molecule has 2 heterocycles. The molecular formula is C14H25N3O3. The maximum absolute atomic E-state index is 11.2. The fraction of sp³-hybridized carbons (Fsp3) is 0.857. The summed E-state index contributed by atoms with van der Waals surface area (Å²) >= 11 is 0. The van der Waals surface area contributed by atoms with Crippen LogP contribution in [0.1, 0.15) is 32.6 Å². The zero-order valence-electron chi connectivity index (χ0n) is 12.1. The molecule has 0 saturated carbocycles. The fourth-order valence-corrected chi connectivity index (χ4v) is 3.40. The molecule has 1 amide bonds. The van der Waals surface area contributed by atoms with Gasteiger partial charge in [0.15, 0.2) is 0 Å². The predicted molar refractivity (Wildman–Crippen MR) is 75.2 cm³/mol. The molecule has 0 aliphatic carbocycles. The lowest BCUT2D eigenvalue weighted by atomic mass is 10.0. The lowest BCUT2D eigenvalue weighted by Crippen LogP contribution is -2.49. The molecule has 114 valence electrons. The van der Waals surface area contributed by atoms with Crippen molar-refractivity contribution in [1.29, 1.82) is 0 Å². The lowest BCUT2D eigenvalue weighted by Gasteiger charge is -2.38. The Morgan fingerprint density at radius 2 is 1.90 bits per heavy atom. The van der Waals surface area contributed by atoms with Gasteiger partial charge in [0.2, 0.25) is 5.91 Å². The van der Waals surface area contributed by atoms with Crippen LogP contribution in [-0.4, -0.2) is 65.0 Å². The van der Waals surface area contributed by atoms with Crippen LogP contribution < -0.4 is 5.73 Å². The van der Waals surface area contributed by atoms with Crippen LogP contribution in [0.3, 0.4) is 0 Å². The van der Waals surface area contributed by atoms with Crippen molar-refractivity contribution < 1.29 is 14.7 Å². The number of aliphatic carboxylic acids is 1. The van der Waals surface area contributed by atoms with E-state index in [0.29, 0.717) is 12.6 Å². The lowest BCUT2D eigenvalue weighted by molar-refractivity contribution is -0.143. The summed E-state index contributed by atoms with van der Waals surface area (Å²) in [5.74, 6) is -1.06. The Hall–Kier alpha value is -1.14. The van der Waals surface area contributed by atoms with E-state index >= 15 is 0 Å². The molecule has 3 N–H and O–H groups in total. The van der Waals surface area contributed by atoms with E-state index in [1.165, 1.54) is 0 Å². The van der Waals surface area contributed by atoms with Crippen LogP contribution in [0.2, 0.25) is 0 Å². The van der Waals surface area contributed by atoms with E-state index in [1.807, 2.05) is 6.92 Å². The smallest absolute Gasteiger partial charge is 0.320 e. The maximum Gasteiger partial charge on any atom is 0.320 e. The fourth-order valence-electron chi connectivity index (χ4n) is 3.40. The standard InChI is InChI=1S/C14H25N3O3/c1-10(13(15)18)9-16-7-4-11(5-8-16)17-6-2-3-12(17)14(19)20/h10-12H,2-9H2,1H3,(H2,15,18)(H,19,20). The third-order valence-corrected chi connectivity index (χ3v) is 4.62. The summed E-state index contributed by atoms with van der Waals surface area (Å²) < 4.78 is 0. The number of carbonyl (C=O) groups is 2. The number of nitrogens with zero attached hydrogens (tertiary/aromatic N) is 2. The minimum atomic E-state index is -0.688. The van der Waals surface area contributed by atoms with Crippen LogP contribution in [-0.2, 0) is 9.59 Å². The van der Waals surface area contributed by atoms with E-state index < -0.39 is 5.97 Å². The second-order valence-corrected chi connectivity index (χ2v) is 6.07. The van der Waals surface area contributed by atoms with Gasteiger partial charge in [-0.05, 0) is 45.3 Å². The van der Waals surface area contributed by atoms with E-state index in [0.717, 1.165) is 45.3 Å². The summed E-state index contributed by atoms with van der Waals surface area (Å²) in [5.41, 5.74) is 5.29. The third kappa shape index (κ3) is 3.49. The molecule has 2 saturated heterocycles. The van der Waals surface area contributed by atoms with E-state index in [9.17, 15) is 14.7 Å². The number of hydrogen-bond donors (Lipinski definition) is 2. The van der Waals surface area contributed by atoms with Gasteiger partial charge in [0.05, 0.1) is 0 Å². The molecule has 0 aromatic rings. The van der Waals surface area contributed by atoms with Crippen molar-refractivity contribution in [2.75, 3.05) is 26.2 Å². The van der Waals surface area contributed by atoms with Gasteiger partial charge in [-0.25, -0.2) is 0 Å². The number of carboxylic acid groups (broad SMARTS) is 1. The first-order valence-corrected chi connectivity index (χ1v) is 7.49. The highest BCUT2D eigenvalue weighted by atomic mass is 16.4. The normalized spacial score (nSPS) is 27.6. The van der Waals surface area contributed by atoms with Crippen molar-refractivity contribution in [2.45, 2.75) is 44.7 Å². The Balaban J connectivity index is 1.82. The molecule has 6 heteroatoms. The van der Waals surface area contributed by atoms with Crippen LogP contribution in [0.25, 0.3) is 0 Å². The van der Waals surface area contributed by atoms with Crippen molar-refractivity contribution in [1.82, 2.24) is 9.80 Å². The summed E-state index contributed by atoms with van der Waals surface area (Å²) in [6.07, 6.45) is 3.72. The van der Waals surface area contributed by atoms with Crippen molar-refractivity contribution in [3.8, 4) is 0 Å². The Morgan fingerprint density at radius 1 is 1.25 bits per heavy atom. The number of nitrogens with two attached hydrogens (primary N) is 1. The average Bonchev–Trinajstić information content (AvgIpc) is 2.88. The van der Waals surface area contributed by atoms with Gasteiger partial charge in [0, 0.05) is 18.5 Å². The topological polar surface area (TPSA) is 86.9 Å². The average molecular weight is 283 g/mol. The van der Waals surface area contributed by atoms with Gasteiger partial charge in [-0.1, -0.05) is 6.92 Å². The third-order valence-electron chi connectivity index (χ3n) is 4.62. The van der Waals surface area contributed by atoms with Crippen molar-refractivity contribution >= 4 is 11.9 Å². The number of primary amides is 1. The Bertz CT molecular complexity index is 367. The van der Waals surface area contributed by atoms with Gasteiger partial charge >= 0.3 is 5.97 Å². The molecule has 0 radical (unpaired) electrons. The van der Waals surface area contributed by atoms with Crippen molar-refractivity contribution in [3.63, 3.8) is 0 Å².